The van der Waals surface area contributed by atoms with Gasteiger partial charge < -0.3 is 4.48 Å². The van der Waals surface area contributed by atoms with Gasteiger partial charge in [0.1, 0.15) is 6.54 Å². The van der Waals surface area contributed by atoms with E-state index in [2.05, 4.69) is 59.3 Å². The van der Waals surface area contributed by atoms with Crippen molar-refractivity contribution < 1.29 is 4.48 Å². The van der Waals surface area contributed by atoms with Crippen LogP contribution in [-0.4, -0.2) is 25.6 Å². The molecule has 1 nitrogen and oxygen atoms in total. The van der Waals surface area contributed by atoms with Crippen LogP contribution in [0.2, 0.25) is 0 Å². The quantitative estimate of drug-likeness (QED) is 0.720. The molecule has 1 aromatic rings. The summed E-state index contributed by atoms with van der Waals surface area (Å²) >= 11 is 0. The van der Waals surface area contributed by atoms with Crippen molar-refractivity contribution >= 4 is 0 Å². The van der Waals surface area contributed by atoms with Crippen molar-refractivity contribution in [1.82, 2.24) is 0 Å². The van der Waals surface area contributed by atoms with Gasteiger partial charge in [0.05, 0.1) is 21.1 Å². The van der Waals surface area contributed by atoms with Crippen LogP contribution in [0, 0.1) is 23.7 Å². The molecule has 2 fully saturated rings. The molecule has 20 heavy (non-hydrogen) atoms. The molecule has 3 rings (SSSR count). The van der Waals surface area contributed by atoms with Crippen molar-refractivity contribution in [3.8, 4) is 0 Å². The summed E-state index contributed by atoms with van der Waals surface area (Å²) in [5.74, 6) is 4.65. The lowest BCUT2D eigenvalue weighted by atomic mass is 9.73. The van der Waals surface area contributed by atoms with E-state index in [0.29, 0.717) is 0 Å². The molecule has 2 aliphatic carbocycles. The summed E-state index contributed by atoms with van der Waals surface area (Å²) < 4.78 is 1.00. The fourth-order valence-corrected chi connectivity index (χ4v) is 4.74. The third-order valence-corrected chi connectivity index (χ3v) is 5.96. The Bertz CT molecular complexity index is 466. The molecule has 5 atom stereocenters. The molecule has 0 radical (unpaired) electrons. The Hall–Kier alpha value is -0.820. The van der Waals surface area contributed by atoms with Gasteiger partial charge in [-0.3, -0.25) is 0 Å². The average Bonchev–Trinajstić information content (AvgIpc) is 2.90. The second-order valence-electron chi connectivity index (χ2n) is 8.41. The average molecular weight is 272 g/mol. The molecular weight excluding hydrogens is 242 g/mol. The number of benzene rings is 1. The molecule has 0 heterocycles. The standard InChI is InChI=1S/C19H30N/c1-13-14(2)18-10-17(13)11-19(18)16-8-6-15(7-9-16)12-20(3,4)5/h6-9,13-14,17-19H,10-12H2,1-5H3/q+1. The summed E-state index contributed by atoms with van der Waals surface area (Å²) in [6, 6.07) is 9.54. The van der Waals surface area contributed by atoms with Gasteiger partial charge in [-0.1, -0.05) is 38.1 Å². The van der Waals surface area contributed by atoms with Gasteiger partial charge in [0.15, 0.2) is 0 Å². The Morgan fingerprint density at radius 3 is 2.10 bits per heavy atom. The second-order valence-corrected chi connectivity index (χ2v) is 8.41. The van der Waals surface area contributed by atoms with Crippen LogP contribution in [0.4, 0.5) is 0 Å². The lowest BCUT2D eigenvalue weighted by Gasteiger charge is -2.32. The first-order chi connectivity index (χ1) is 9.35. The van der Waals surface area contributed by atoms with Gasteiger partial charge in [-0.15, -0.1) is 0 Å². The Morgan fingerprint density at radius 1 is 0.950 bits per heavy atom. The van der Waals surface area contributed by atoms with Crippen LogP contribution in [0.3, 0.4) is 0 Å². The number of hydrogen-bond acceptors (Lipinski definition) is 0. The van der Waals surface area contributed by atoms with Crippen molar-refractivity contribution in [2.75, 3.05) is 21.1 Å². The molecule has 0 amide bonds. The van der Waals surface area contributed by atoms with Crippen LogP contribution in [0.5, 0.6) is 0 Å². The fraction of sp³-hybridized carbons (Fsp3) is 0.684. The largest absolute Gasteiger partial charge is 0.327 e. The molecule has 2 bridgehead atoms. The van der Waals surface area contributed by atoms with E-state index in [-0.39, 0.29) is 0 Å². The van der Waals surface area contributed by atoms with Crippen molar-refractivity contribution in [2.45, 2.75) is 39.2 Å². The Morgan fingerprint density at radius 2 is 1.60 bits per heavy atom. The molecule has 2 aliphatic rings. The van der Waals surface area contributed by atoms with Crippen LogP contribution in [0.1, 0.15) is 43.7 Å². The molecule has 0 N–H and O–H groups in total. The van der Waals surface area contributed by atoms with E-state index in [1.54, 1.807) is 5.56 Å². The molecule has 1 heteroatoms. The SMILES string of the molecule is CC1C2CC(c3ccc(C[N+](C)(C)C)cc3)C(C2)C1C. The Kier molecular flexibility index (Phi) is 3.44. The predicted molar refractivity (Wildman–Crippen MR) is 85.5 cm³/mol. The van der Waals surface area contributed by atoms with E-state index >= 15 is 0 Å². The van der Waals surface area contributed by atoms with Crippen LogP contribution >= 0.6 is 0 Å². The summed E-state index contributed by atoms with van der Waals surface area (Å²) in [7, 11) is 6.77. The first-order valence-corrected chi connectivity index (χ1v) is 8.24. The molecule has 110 valence electrons. The number of rotatable bonds is 3. The molecule has 1 aromatic carbocycles. The zero-order valence-electron chi connectivity index (χ0n) is 13.8. The second kappa shape index (κ2) is 4.87. The summed E-state index contributed by atoms with van der Waals surface area (Å²) in [4.78, 5) is 0. The minimum atomic E-state index is 0.837. The molecule has 5 unspecified atom stereocenters. The number of fused-ring (bicyclic) bond motifs is 2. The van der Waals surface area contributed by atoms with Crippen LogP contribution < -0.4 is 0 Å². The van der Waals surface area contributed by atoms with Gasteiger partial charge in [-0.25, -0.2) is 0 Å². The predicted octanol–water partition coefficient (Wildman–Crippen LogP) is 4.29. The van der Waals surface area contributed by atoms with Crippen molar-refractivity contribution in [1.29, 1.82) is 0 Å². The number of quaternary nitrogens is 1. The van der Waals surface area contributed by atoms with E-state index in [1.165, 1.54) is 18.4 Å². The Balaban J connectivity index is 1.73. The van der Waals surface area contributed by atoms with Gasteiger partial charge in [0, 0.05) is 5.56 Å². The van der Waals surface area contributed by atoms with E-state index in [9.17, 15) is 0 Å². The lowest BCUT2D eigenvalue weighted by molar-refractivity contribution is -0.884. The lowest BCUT2D eigenvalue weighted by Crippen LogP contribution is -2.33. The maximum atomic E-state index is 2.48. The highest BCUT2D eigenvalue weighted by atomic mass is 15.3. The minimum Gasteiger partial charge on any atom is -0.327 e. The van der Waals surface area contributed by atoms with Crippen molar-refractivity contribution in [2.24, 2.45) is 23.7 Å². The van der Waals surface area contributed by atoms with Crippen molar-refractivity contribution in [3.63, 3.8) is 0 Å². The third-order valence-electron chi connectivity index (χ3n) is 5.96. The van der Waals surface area contributed by atoms with Crippen LogP contribution in [0.25, 0.3) is 0 Å². The first-order valence-electron chi connectivity index (χ1n) is 8.24. The third kappa shape index (κ3) is 2.53. The number of hydrogen-bond donors (Lipinski definition) is 0. The van der Waals surface area contributed by atoms with Gasteiger partial charge >= 0.3 is 0 Å². The molecule has 0 spiro atoms. The maximum absolute atomic E-state index is 2.48. The van der Waals surface area contributed by atoms with Crippen LogP contribution in [0.15, 0.2) is 24.3 Å². The highest BCUT2D eigenvalue weighted by Gasteiger charge is 2.48. The monoisotopic (exact) mass is 272 g/mol. The van der Waals surface area contributed by atoms with Crippen LogP contribution in [-0.2, 0) is 6.54 Å². The van der Waals surface area contributed by atoms with E-state index in [4.69, 9.17) is 0 Å². The van der Waals surface area contributed by atoms with Gasteiger partial charge in [0.25, 0.3) is 0 Å². The maximum Gasteiger partial charge on any atom is 0.104 e. The molecule has 0 saturated heterocycles. The Labute approximate surface area is 124 Å². The summed E-state index contributed by atoms with van der Waals surface area (Å²) in [5, 5.41) is 0. The molecule has 2 saturated carbocycles. The molecular formula is C19H30N+. The highest BCUT2D eigenvalue weighted by Crippen LogP contribution is 2.58. The minimum absolute atomic E-state index is 0.837. The van der Waals surface area contributed by atoms with E-state index in [0.717, 1.165) is 40.6 Å². The topological polar surface area (TPSA) is 0 Å². The van der Waals surface area contributed by atoms with Gasteiger partial charge in [0.2, 0.25) is 0 Å². The number of nitrogens with zero attached hydrogens (tertiary/aromatic N) is 1. The smallest absolute Gasteiger partial charge is 0.104 e. The molecule has 0 aliphatic heterocycles. The van der Waals surface area contributed by atoms with E-state index < -0.39 is 0 Å². The fourth-order valence-electron chi connectivity index (χ4n) is 4.74. The van der Waals surface area contributed by atoms with Crippen molar-refractivity contribution in [3.05, 3.63) is 35.4 Å². The summed E-state index contributed by atoms with van der Waals surface area (Å²) in [6.45, 7) is 6.06. The van der Waals surface area contributed by atoms with Gasteiger partial charge in [-0.2, -0.15) is 0 Å². The summed E-state index contributed by atoms with van der Waals surface area (Å²) in [6.07, 6.45) is 2.92. The van der Waals surface area contributed by atoms with Gasteiger partial charge in [-0.05, 0) is 48.0 Å². The normalized spacial score (nSPS) is 36.5. The van der Waals surface area contributed by atoms with E-state index in [1.807, 2.05) is 0 Å². The first kappa shape index (κ1) is 14.1. The zero-order valence-corrected chi connectivity index (χ0v) is 13.8. The summed E-state index contributed by atoms with van der Waals surface area (Å²) in [5.41, 5.74) is 3.06. The zero-order chi connectivity index (χ0) is 14.5. The highest BCUT2D eigenvalue weighted by molar-refractivity contribution is 5.28. The molecule has 0 aromatic heterocycles.